The van der Waals surface area contributed by atoms with Crippen LogP contribution in [0.25, 0.3) is 16.9 Å². The molecule has 0 spiro atoms. The van der Waals surface area contributed by atoms with Gasteiger partial charge in [0.05, 0.1) is 23.9 Å². The summed E-state index contributed by atoms with van der Waals surface area (Å²) in [6, 6.07) is 16.4. The van der Waals surface area contributed by atoms with Gasteiger partial charge in [-0.05, 0) is 38.4 Å². The van der Waals surface area contributed by atoms with Gasteiger partial charge in [0.1, 0.15) is 5.65 Å². The Balaban J connectivity index is 1.64. The maximum atomic E-state index is 12.2. The molecule has 0 bridgehead atoms. The van der Waals surface area contributed by atoms with E-state index in [1.54, 1.807) is 0 Å². The van der Waals surface area contributed by atoms with Crippen molar-refractivity contribution in [2.45, 2.75) is 26.3 Å². The second-order valence-corrected chi connectivity index (χ2v) is 7.03. The summed E-state index contributed by atoms with van der Waals surface area (Å²) in [6.45, 7) is 4.81. The summed E-state index contributed by atoms with van der Waals surface area (Å²) in [6.07, 6.45) is 3.99. The standard InChI is InChI=1S/C22H25N3O2/c1-2-27-22(26)18-11-8-13-24(15-18)16-19-21(17-9-4-3-5-10-17)23-20-12-6-7-14-25(19)20/h3-7,9-10,12,14,18H,2,8,11,13,15-16H2,1H3. The topological polar surface area (TPSA) is 46.8 Å². The van der Waals surface area contributed by atoms with Crippen LogP contribution in [-0.2, 0) is 16.1 Å². The molecule has 1 unspecified atom stereocenters. The lowest BCUT2D eigenvalue weighted by Crippen LogP contribution is -2.39. The Morgan fingerprint density at radius 2 is 2.00 bits per heavy atom. The monoisotopic (exact) mass is 363 g/mol. The number of carbonyl (C=O) groups is 1. The third kappa shape index (κ3) is 3.74. The summed E-state index contributed by atoms with van der Waals surface area (Å²) >= 11 is 0. The molecule has 0 radical (unpaired) electrons. The quantitative estimate of drug-likeness (QED) is 0.647. The molecule has 1 aliphatic heterocycles. The molecule has 0 N–H and O–H groups in total. The lowest BCUT2D eigenvalue weighted by atomic mass is 9.98. The highest BCUT2D eigenvalue weighted by Crippen LogP contribution is 2.27. The number of piperidine rings is 1. The molecule has 140 valence electrons. The normalized spacial score (nSPS) is 17.9. The third-order valence-electron chi connectivity index (χ3n) is 5.17. The van der Waals surface area contributed by atoms with Crippen LogP contribution in [0.5, 0.6) is 0 Å². The van der Waals surface area contributed by atoms with Crippen LogP contribution in [0.15, 0.2) is 54.7 Å². The van der Waals surface area contributed by atoms with Gasteiger partial charge in [-0.15, -0.1) is 0 Å². The summed E-state index contributed by atoms with van der Waals surface area (Å²) in [5.41, 5.74) is 4.25. The first-order chi connectivity index (χ1) is 13.3. The van der Waals surface area contributed by atoms with E-state index in [-0.39, 0.29) is 11.9 Å². The summed E-state index contributed by atoms with van der Waals surface area (Å²) in [7, 11) is 0. The van der Waals surface area contributed by atoms with Crippen molar-refractivity contribution in [3.05, 3.63) is 60.4 Å². The number of ether oxygens (including phenoxy) is 1. The number of imidazole rings is 1. The van der Waals surface area contributed by atoms with Crippen LogP contribution in [-0.4, -0.2) is 40.0 Å². The number of carbonyl (C=O) groups excluding carboxylic acids is 1. The highest BCUT2D eigenvalue weighted by molar-refractivity contribution is 5.72. The van der Waals surface area contributed by atoms with Crippen LogP contribution in [0, 0.1) is 5.92 Å². The molecule has 3 aromatic rings. The average Bonchev–Trinajstić information content (AvgIpc) is 3.08. The smallest absolute Gasteiger partial charge is 0.310 e. The van der Waals surface area contributed by atoms with Gasteiger partial charge in [0.25, 0.3) is 0 Å². The number of rotatable bonds is 5. The molecular weight excluding hydrogens is 338 g/mol. The molecule has 1 aromatic carbocycles. The Bertz CT molecular complexity index is 920. The number of likely N-dealkylation sites (tertiary alicyclic amines) is 1. The molecule has 1 saturated heterocycles. The summed E-state index contributed by atoms with van der Waals surface area (Å²) in [5.74, 6) is -0.0957. The zero-order valence-electron chi connectivity index (χ0n) is 15.7. The van der Waals surface area contributed by atoms with Crippen molar-refractivity contribution in [2.75, 3.05) is 19.7 Å². The van der Waals surface area contributed by atoms with Gasteiger partial charge >= 0.3 is 5.97 Å². The molecule has 5 heteroatoms. The Morgan fingerprint density at radius 1 is 1.19 bits per heavy atom. The Labute approximate surface area is 159 Å². The first-order valence-electron chi connectivity index (χ1n) is 9.66. The lowest BCUT2D eigenvalue weighted by Gasteiger charge is -2.31. The van der Waals surface area contributed by atoms with Crippen LogP contribution in [0.2, 0.25) is 0 Å². The average molecular weight is 363 g/mol. The van der Waals surface area contributed by atoms with E-state index in [1.807, 2.05) is 43.3 Å². The Morgan fingerprint density at radius 3 is 2.81 bits per heavy atom. The number of nitrogens with zero attached hydrogens (tertiary/aromatic N) is 3. The molecule has 0 amide bonds. The van der Waals surface area contributed by atoms with E-state index >= 15 is 0 Å². The number of aromatic nitrogens is 2. The van der Waals surface area contributed by atoms with Crippen molar-refractivity contribution in [3.8, 4) is 11.3 Å². The first kappa shape index (κ1) is 17.7. The maximum Gasteiger partial charge on any atom is 0.310 e. The van der Waals surface area contributed by atoms with Crippen molar-refractivity contribution in [2.24, 2.45) is 5.92 Å². The predicted octanol–water partition coefficient (Wildman–Crippen LogP) is 3.78. The molecule has 4 rings (SSSR count). The highest BCUT2D eigenvalue weighted by Gasteiger charge is 2.28. The fraction of sp³-hybridized carbons (Fsp3) is 0.364. The summed E-state index contributed by atoms with van der Waals surface area (Å²) in [5, 5.41) is 0. The molecule has 0 saturated carbocycles. The van der Waals surface area contributed by atoms with Crippen molar-refractivity contribution in [1.82, 2.24) is 14.3 Å². The third-order valence-corrected chi connectivity index (χ3v) is 5.17. The minimum Gasteiger partial charge on any atom is -0.466 e. The van der Waals surface area contributed by atoms with Crippen LogP contribution in [0.4, 0.5) is 0 Å². The minimum absolute atomic E-state index is 0.0296. The maximum absolute atomic E-state index is 12.2. The van der Waals surface area contributed by atoms with Crippen LogP contribution < -0.4 is 0 Å². The highest BCUT2D eigenvalue weighted by atomic mass is 16.5. The van der Waals surface area contributed by atoms with Gasteiger partial charge in [0, 0.05) is 24.8 Å². The molecular formula is C22H25N3O2. The van der Waals surface area contributed by atoms with Gasteiger partial charge in [-0.25, -0.2) is 4.98 Å². The molecule has 3 heterocycles. The van der Waals surface area contributed by atoms with Gasteiger partial charge in [-0.2, -0.15) is 0 Å². The molecule has 1 aliphatic rings. The Kier molecular flexibility index (Phi) is 5.21. The summed E-state index contributed by atoms with van der Waals surface area (Å²) in [4.78, 5) is 19.4. The van der Waals surface area contributed by atoms with E-state index in [4.69, 9.17) is 9.72 Å². The fourth-order valence-corrected chi connectivity index (χ4v) is 3.89. The van der Waals surface area contributed by atoms with E-state index in [0.29, 0.717) is 6.61 Å². The van der Waals surface area contributed by atoms with E-state index in [0.717, 1.165) is 49.4 Å². The van der Waals surface area contributed by atoms with Crippen LogP contribution in [0.3, 0.4) is 0 Å². The van der Waals surface area contributed by atoms with Gasteiger partial charge in [-0.3, -0.25) is 9.69 Å². The number of pyridine rings is 1. The number of benzene rings is 1. The van der Waals surface area contributed by atoms with Gasteiger partial charge in [0.15, 0.2) is 0 Å². The number of hydrogen-bond donors (Lipinski definition) is 0. The molecule has 1 fully saturated rings. The molecule has 5 nitrogen and oxygen atoms in total. The summed E-state index contributed by atoms with van der Waals surface area (Å²) < 4.78 is 7.41. The molecule has 2 aromatic heterocycles. The zero-order chi connectivity index (χ0) is 18.6. The molecule has 27 heavy (non-hydrogen) atoms. The van der Waals surface area contributed by atoms with E-state index in [9.17, 15) is 4.79 Å². The zero-order valence-corrected chi connectivity index (χ0v) is 15.7. The fourth-order valence-electron chi connectivity index (χ4n) is 3.89. The molecule has 0 aliphatic carbocycles. The van der Waals surface area contributed by atoms with E-state index in [1.165, 1.54) is 5.69 Å². The Hall–Kier alpha value is -2.66. The molecule has 1 atom stereocenters. The predicted molar refractivity (Wildman–Crippen MR) is 105 cm³/mol. The van der Waals surface area contributed by atoms with Gasteiger partial charge in [-0.1, -0.05) is 36.4 Å². The SMILES string of the molecule is CCOC(=O)C1CCCN(Cc2c(-c3ccccc3)nc3ccccn23)C1. The second-order valence-electron chi connectivity index (χ2n) is 7.03. The van der Waals surface area contributed by atoms with Crippen molar-refractivity contribution in [3.63, 3.8) is 0 Å². The second kappa shape index (κ2) is 7.92. The first-order valence-corrected chi connectivity index (χ1v) is 9.66. The van der Waals surface area contributed by atoms with Crippen molar-refractivity contribution in [1.29, 1.82) is 0 Å². The lowest BCUT2D eigenvalue weighted by molar-refractivity contribution is -0.150. The number of fused-ring (bicyclic) bond motifs is 1. The minimum atomic E-state index is -0.0661. The van der Waals surface area contributed by atoms with Crippen LogP contribution in [0.1, 0.15) is 25.5 Å². The van der Waals surface area contributed by atoms with E-state index < -0.39 is 0 Å². The van der Waals surface area contributed by atoms with Crippen molar-refractivity contribution < 1.29 is 9.53 Å². The van der Waals surface area contributed by atoms with Gasteiger partial charge in [0.2, 0.25) is 0 Å². The van der Waals surface area contributed by atoms with Gasteiger partial charge < -0.3 is 9.14 Å². The van der Waals surface area contributed by atoms with Crippen molar-refractivity contribution >= 4 is 11.6 Å². The van der Waals surface area contributed by atoms with Crippen LogP contribution >= 0.6 is 0 Å². The largest absolute Gasteiger partial charge is 0.466 e. The number of hydrogen-bond acceptors (Lipinski definition) is 4. The number of esters is 1. The van der Waals surface area contributed by atoms with E-state index in [2.05, 4.69) is 27.6 Å².